The van der Waals surface area contributed by atoms with Gasteiger partial charge in [0.25, 0.3) is 5.91 Å². The molecule has 0 aliphatic carbocycles. The Morgan fingerprint density at radius 1 is 1.12 bits per heavy atom. The van der Waals surface area contributed by atoms with Crippen LogP contribution in [0.5, 0.6) is 0 Å². The maximum atomic E-state index is 12.2. The van der Waals surface area contributed by atoms with Gasteiger partial charge in [0.1, 0.15) is 6.61 Å². The summed E-state index contributed by atoms with van der Waals surface area (Å²) in [5.41, 5.74) is 0.967. The van der Waals surface area contributed by atoms with Crippen LogP contribution in [0.15, 0.2) is 53.7 Å². The van der Waals surface area contributed by atoms with Gasteiger partial charge in [0.2, 0.25) is 0 Å². The summed E-state index contributed by atoms with van der Waals surface area (Å²) in [4.78, 5) is 29.1. The Labute approximate surface area is 160 Å². The van der Waals surface area contributed by atoms with Crippen LogP contribution in [0.25, 0.3) is 0 Å². The molecule has 0 fully saturated rings. The lowest BCUT2D eigenvalue weighted by Gasteiger charge is -2.12. The first-order valence-corrected chi connectivity index (χ1v) is 8.30. The normalized spacial score (nSPS) is 11.8. The highest BCUT2D eigenvalue weighted by atomic mass is 35.5. The van der Waals surface area contributed by atoms with Crippen LogP contribution in [0, 0.1) is 0 Å². The van der Waals surface area contributed by atoms with E-state index in [9.17, 15) is 9.59 Å². The number of carbonyl (C=O) groups excluding carboxylic acids is 2. The van der Waals surface area contributed by atoms with E-state index in [2.05, 4.69) is 15.2 Å². The summed E-state index contributed by atoms with van der Waals surface area (Å²) in [5, 5.41) is 7.10. The topological polar surface area (TPSA) is 77.0 Å². The molecule has 2 aromatic carbocycles. The van der Waals surface area contributed by atoms with Gasteiger partial charge in [-0.05, 0) is 24.3 Å². The molecule has 1 amide bonds. The summed E-state index contributed by atoms with van der Waals surface area (Å²) in [6.45, 7) is 0.00946. The van der Waals surface area contributed by atoms with Gasteiger partial charge in [-0.25, -0.2) is 4.79 Å². The molecule has 0 saturated carbocycles. The SMILES string of the molecule is COC(=O)[C@H](/C=N\OCc1c(Cl)cccc1Cl)NC(=O)c1ccccc1. The third-order valence-electron chi connectivity index (χ3n) is 3.33. The molecule has 1 N–H and O–H groups in total. The minimum absolute atomic E-state index is 0.00946. The number of hydrogen-bond acceptors (Lipinski definition) is 5. The number of nitrogens with zero attached hydrogens (tertiary/aromatic N) is 1. The fourth-order valence-corrected chi connectivity index (χ4v) is 2.48. The largest absolute Gasteiger partial charge is 0.467 e. The predicted molar refractivity (Wildman–Crippen MR) is 99.5 cm³/mol. The van der Waals surface area contributed by atoms with E-state index in [1.54, 1.807) is 48.5 Å². The second kappa shape index (κ2) is 9.79. The molecule has 0 spiro atoms. The molecule has 0 radical (unpaired) electrons. The van der Waals surface area contributed by atoms with Crippen molar-refractivity contribution in [3.05, 3.63) is 69.7 Å². The number of esters is 1. The first kappa shape index (κ1) is 19.8. The lowest BCUT2D eigenvalue weighted by Crippen LogP contribution is -2.42. The van der Waals surface area contributed by atoms with Crippen molar-refractivity contribution in [1.29, 1.82) is 0 Å². The van der Waals surface area contributed by atoms with Crippen molar-refractivity contribution >= 4 is 41.3 Å². The van der Waals surface area contributed by atoms with Crippen LogP contribution in [0.3, 0.4) is 0 Å². The molecule has 0 aliphatic rings. The monoisotopic (exact) mass is 394 g/mol. The van der Waals surface area contributed by atoms with E-state index in [0.717, 1.165) is 6.21 Å². The molecule has 2 aromatic rings. The summed E-state index contributed by atoms with van der Waals surface area (Å²) >= 11 is 12.1. The molecule has 0 aromatic heterocycles. The maximum absolute atomic E-state index is 12.2. The van der Waals surface area contributed by atoms with E-state index in [-0.39, 0.29) is 6.61 Å². The van der Waals surface area contributed by atoms with E-state index in [4.69, 9.17) is 28.0 Å². The summed E-state index contributed by atoms with van der Waals surface area (Å²) in [7, 11) is 1.21. The van der Waals surface area contributed by atoms with Crippen molar-refractivity contribution in [3.63, 3.8) is 0 Å². The van der Waals surface area contributed by atoms with Crippen molar-refractivity contribution < 1.29 is 19.2 Å². The van der Waals surface area contributed by atoms with Gasteiger partial charge < -0.3 is 14.9 Å². The van der Waals surface area contributed by atoms with E-state index in [0.29, 0.717) is 21.2 Å². The third-order valence-corrected chi connectivity index (χ3v) is 4.04. The zero-order valence-electron chi connectivity index (χ0n) is 13.8. The summed E-state index contributed by atoms with van der Waals surface area (Å²) in [6, 6.07) is 12.4. The number of methoxy groups -OCH3 is 1. The predicted octanol–water partition coefficient (Wildman–Crippen LogP) is 3.47. The van der Waals surface area contributed by atoms with Crippen LogP contribution in [-0.2, 0) is 21.0 Å². The van der Waals surface area contributed by atoms with E-state index < -0.39 is 17.9 Å². The van der Waals surface area contributed by atoms with E-state index >= 15 is 0 Å². The molecule has 0 heterocycles. The molecule has 8 heteroatoms. The van der Waals surface area contributed by atoms with Gasteiger partial charge in [-0.3, -0.25) is 4.79 Å². The zero-order valence-corrected chi connectivity index (χ0v) is 15.3. The van der Waals surface area contributed by atoms with Crippen LogP contribution in [0.4, 0.5) is 0 Å². The molecule has 0 unspecified atom stereocenters. The molecule has 2 rings (SSSR count). The van der Waals surface area contributed by atoms with Crippen LogP contribution in [-0.4, -0.2) is 31.2 Å². The van der Waals surface area contributed by atoms with Crippen molar-refractivity contribution in [2.45, 2.75) is 12.6 Å². The Kier molecular flexibility index (Phi) is 7.44. The molecule has 136 valence electrons. The minimum atomic E-state index is -1.10. The van der Waals surface area contributed by atoms with Crippen molar-refractivity contribution in [1.82, 2.24) is 5.32 Å². The van der Waals surface area contributed by atoms with Crippen LogP contribution in [0.1, 0.15) is 15.9 Å². The quantitative estimate of drug-likeness (QED) is 0.443. The van der Waals surface area contributed by atoms with Crippen LogP contribution in [0.2, 0.25) is 10.0 Å². The van der Waals surface area contributed by atoms with Crippen LogP contribution >= 0.6 is 23.2 Å². The minimum Gasteiger partial charge on any atom is -0.467 e. The Morgan fingerprint density at radius 2 is 1.77 bits per heavy atom. The molecule has 26 heavy (non-hydrogen) atoms. The molecule has 1 atom stereocenters. The number of oxime groups is 1. The Hall–Kier alpha value is -2.57. The number of carbonyl (C=O) groups is 2. The van der Waals surface area contributed by atoms with Gasteiger partial charge in [-0.1, -0.05) is 52.6 Å². The first-order chi connectivity index (χ1) is 12.5. The smallest absolute Gasteiger partial charge is 0.334 e. The Morgan fingerprint density at radius 3 is 2.38 bits per heavy atom. The summed E-state index contributed by atoms with van der Waals surface area (Å²) in [5.74, 6) is -1.13. The summed E-state index contributed by atoms with van der Waals surface area (Å²) in [6.07, 6.45) is 1.14. The van der Waals surface area contributed by atoms with Gasteiger partial charge in [0, 0.05) is 21.2 Å². The fourth-order valence-electron chi connectivity index (χ4n) is 1.97. The average molecular weight is 395 g/mol. The van der Waals surface area contributed by atoms with Gasteiger partial charge >= 0.3 is 5.97 Å². The molecule has 0 bridgehead atoms. The number of nitrogens with one attached hydrogen (secondary N) is 1. The highest BCUT2D eigenvalue weighted by molar-refractivity contribution is 6.35. The van der Waals surface area contributed by atoms with E-state index in [1.807, 2.05) is 0 Å². The molecule has 0 aliphatic heterocycles. The summed E-state index contributed by atoms with van der Waals surface area (Å²) < 4.78 is 4.66. The maximum Gasteiger partial charge on any atom is 0.334 e. The second-order valence-electron chi connectivity index (χ2n) is 5.07. The zero-order chi connectivity index (χ0) is 18.9. The second-order valence-corrected chi connectivity index (χ2v) is 5.88. The van der Waals surface area contributed by atoms with Gasteiger partial charge in [-0.15, -0.1) is 0 Å². The number of ether oxygens (including phenoxy) is 1. The van der Waals surface area contributed by atoms with Gasteiger partial charge in [-0.2, -0.15) is 0 Å². The third kappa shape index (κ3) is 5.47. The first-order valence-electron chi connectivity index (χ1n) is 7.55. The van der Waals surface area contributed by atoms with E-state index in [1.165, 1.54) is 7.11 Å². The molecular weight excluding hydrogens is 379 g/mol. The number of halogens is 2. The lowest BCUT2D eigenvalue weighted by molar-refractivity contribution is -0.140. The number of rotatable bonds is 7. The lowest BCUT2D eigenvalue weighted by atomic mass is 10.2. The molecule has 0 saturated heterocycles. The number of benzene rings is 2. The highest BCUT2D eigenvalue weighted by Crippen LogP contribution is 2.24. The fraction of sp³-hybridized carbons (Fsp3) is 0.167. The van der Waals surface area contributed by atoms with Gasteiger partial charge in [0.15, 0.2) is 6.04 Å². The highest BCUT2D eigenvalue weighted by Gasteiger charge is 2.20. The number of hydrogen-bond donors (Lipinski definition) is 1. The Balaban J connectivity index is 2.00. The van der Waals surface area contributed by atoms with Crippen molar-refractivity contribution in [3.8, 4) is 0 Å². The van der Waals surface area contributed by atoms with Gasteiger partial charge in [0.05, 0.1) is 13.3 Å². The van der Waals surface area contributed by atoms with Crippen molar-refractivity contribution in [2.24, 2.45) is 5.16 Å². The standard InChI is InChI=1S/C18H16Cl2N2O4/c1-25-18(24)16(22-17(23)12-6-3-2-4-7-12)10-21-26-11-13-14(19)8-5-9-15(13)20/h2-10,16H,11H2,1H3,(H,22,23)/b21-10-/t16-/m0/s1. The number of amides is 1. The average Bonchev–Trinajstić information content (AvgIpc) is 2.66. The van der Waals surface area contributed by atoms with Crippen LogP contribution < -0.4 is 5.32 Å². The molecular formula is C18H16Cl2N2O4. The Bertz CT molecular complexity index is 777. The van der Waals surface area contributed by atoms with Crippen molar-refractivity contribution in [2.75, 3.05) is 7.11 Å². The molecule has 6 nitrogen and oxygen atoms in total.